The number of aliphatic hydroxyl groups excluding tert-OH is 1. The van der Waals surface area contributed by atoms with Crippen LogP contribution in [0, 0.1) is 0 Å². The number of hydrogen-bond donors (Lipinski definition) is 1. The van der Waals surface area contributed by atoms with Crippen molar-refractivity contribution in [2.24, 2.45) is 0 Å². The van der Waals surface area contributed by atoms with Crippen molar-refractivity contribution in [1.29, 1.82) is 0 Å². The van der Waals surface area contributed by atoms with Crippen LogP contribution in [0.4, 0.5) is 0 Å². The van der Waals surface area contributed by atoms with Crippen LogP contribution in [-0.2, 0) is 25.6 Å². The standard InChI is InChI=1S/C16H22O5/c1-16(2)20-13(15(21-16)14-12(8-17)19-14)10-18-9-11-6-4-3-5-7-11/h3-7,12-15,17H,8-10H2,1-2H3/t12-,13+,14-,15-/m1/s1. The summed E-state index contributed by atoms with van der Waals surface area (Å²) in [6, 6.07) is 10.0. The van der Waals surface area contributed by atoms with Crippen LogP contribution in [0.15, 0.2) is 30.3 Å². The van der Waals surface area contributed by atoms with Crippen molar-refractivity contribution >= 4 is 0 Å². The SMILES string of the molecule is CC1(C)O[C@@H]([C@@H]2O[C@@H]2CO)[C@H](COCc2ccccc2)O1. The van der Waals surface area contributed by atoms with E-state index in [9.17, 15) is 0 Å². The molecule has 2 aliphatic rings. The Morgan fingerprint density at radius 1 is 1.10 bits per heavy atom. The molecule has 5 heteroatoms. The van der Waals surface area contributed by atoms with E-state index in [-0.39, 0.29) is 31.0 Å². The van der Waals surface area contributed by atoms with E-state index in [1.54, 1.807) is 0 Å². The van der Waals surface area contributed by atoms with Crippen LogP contribution < -0.4 is 0 Å². The summed E-state index contributed by atoms with van der Waals surface area (Å²) >= 11 is 0. The van der Waals surface area contributed by atoms with Gasteiger partial charge >= 0.3 is 0 Å². The van der Waals surface area contributed by atoms with Crippen LogP contribution in [0.1, 0.15) is 19.4 Å². The largest absolute Gasteiger partial charge is 0.394 e. The zero-order valence-corrected chi connectivity index (χ0v) is 12.4. The molecule has 1 N–H and O–H groups in total. The predicted molar refractivity (Wildman–Crippen MR) is 75.7 cm³/mol. The minimum absolute atomic E-state index is 0.0164. The van der Waals surface area contributed by atoms with Gasteiger partial charge in [-0.3, -0.25) is 0 Å². The van der Waals surface area contributed by atoms with Crippen molar-refractivity contribution in [3.8, 4) is 0 Å². The molecule has 0 spiro atoms. The van der Waals surface area contributed by atoms with Gasteiger partial charge in [-0.1, -0.05) is 30.3 Å². The van der Waals surface area contributed by atoms with Crippen molar-refractivity contribution in [1.82, 2.24) is 0 Å². The van der Waals surface area contributed by atoms with Gasteiger partial charge in [-0.25, -0.2) is 0 Å². The molecule has 2 aliphatic heterocycles. The van der Waals surface area contributed by atoms with Gasteiger partial charge in [0, 0.05) is 0 Å². The molecule has 0 radical (unpaired) electrons. The molecule has 2 heterocycles. The molecule has 0 aliphatic carbocycles. The van der Waals surface area contributed by atoms with Gasteiger partial charge in [0.05, 0.1) is 19.8 Å². The van der Waals surface area contributed by atoms with Gasteiger partial charge in [0.2, 0.25) is 0 Å². The summed E-state index contributed by atoms with van der Waals surface area (Å²) in [5, 5.41) is 9.13. The van der Waals surface area contributed by atoms with Gasteiger partial charge in [0.15, 0.2) is 5.79 Å². The third-order valence-corrected chi connectivity index (χ3v) is 3.74. The van der Waals surface area contributed by atoms with Gasteiger partial charge in [0.1, 0.15) is 24.4 Å². The van der Waals surface area contributed by atoms with E-state index >= 15 is 0 Å². The fourth-order valence-electron chi connectivity index (χ4n) is 2.73. The number of hydrogen-bond acceptors (Lipinski definition) is 5. The zero-order chi connectivity index (χ0) is 14.9. The van der Waals surface area contributed by atoms with E-state index in [1.165, 1.54) is 0 Å². The summed E-state index contributed by atoms with van der Waals surface area (Å²) in [6.07, 6.45) is -0.593. The molecule has 3 rings (SSSR count). The quantitative estimate of drug-likeness (QED) is 0.805. The van der Waals surface area contributed by atoms with Gasteiger partial charge in [0.25, 0.3) is 0 Å². The van der Waals surface area contributed by atoms with Crippen LogP contribution in [0.5, 0.6) is 0 Å². The maximum atomic E-state index is 9.13. The highest BCUT2D eigenvalue weighted by Gasteiger charge is 2.54. The van der Waals surface area contributed by atoms with Crippen LogP contribution in [-0.4, -0.2) is 48.5 Å². The summed E-state index contributed by atoms with van der Waals surface area (Å²) in [7, 11) is 0. The van der Waals surface area contributed by atoms with Gasteiger partial charge in [-0.2, -0.15) is 0 Å². The number of aliphatic hydroxyl groups is 1. The van der Waals surface area contributed by atoms with E-state index in [4.69, 9.17) is 24.1 Å². The molecule has 4 atom stereocenters. The minimum atomic E-state index is -0.641. The summed E-state index contributed by atoms with van der Waals surface area (Å²) in [4.78, 5) is 0. The molecule has 0 aromatic heterocycles. The summed E-state index contributed by atoms with van der Waals surface area (Å²) in [6.45, 7) is 4.77. The fourth-order valence-corrected chi connectivity index (χ4v) is 2.73. The maximum absolute atomic E-state index is 9.13. The van der Waals surface area contributed by atoms with Crippen molar-refractivity contribution < 1.29 is 24.1 Å². The molecule has 21 heavy (non-hydrogen) atoms. The molecule has 5 nitrogen and oxygen atoms in total. The second kappa shape index (κ2) is 6.02. The Morgan fingerprint density at radius 3 is 2.52 bits per heavy atom. The second-order valence-electron chi connectivity index (χ2n) is 5.96. The van der Waals surface area contributed by atoms with Crippen LogP contribution in [0.2, 0.25) is 0 Å². The summed E-state index contributed by atoms with van der Waals surface area (Å²) in [5.41, 5.74) is 1.13. The number of benzene rings is 1. The Balaban J connectivity index is 1.53. The minimum Gasteiger partial charge on any atom is -0.394 e. The molecule has 0 saturated carbocycles. The molecule has 0 unspecified atom stereocenters. The van der Waals surface area contributed by atoms with E-state index in [0.717, 1.165) is 5.56 Å². The third kappa shape index (κ3) is 3.62. The topological polar surface area (TPSA) is 60.5 Å². The number of ether oxygens (including phenoxy) is 4. The predicted octanol–water partition coefficient (Wildman–Crippen LogP) is 1.48. The summed E-state index contributed by atoms with van der Waals surface area (Å²) in [5.74, 6) is -0.641. The van der Waals surface area contributed by atoms with Crippen molar-refractivity contribution in [3.05, 3.63) is 35.9 Å². The first-order valence-corrected chi connectivity index (χ1v) is 7.33. The van der Waals surface area contributed by atoms with Gasteiger partial charge in [-0.05, 0) is 19.4 Å². The fraction of sp³-hybridized carbons (Fsp3) is 0.625. The second-order valence-corrected chi connectivity index (χ2v) is 5.96. The molecule has 116 valence electrons. The maximum Gasteiger partial charge on any atom is 0.164 e. The molecule has 0 bridgehead atoms. The molecule has 2 fully saturated rings. The number of epoxide rings is 1. The highest BCUT2D eigenvalue weighted by Crippen LogP contribution is 2.38. The van der Waals surface area contributed by atoms with Gasteiger partial charge < -0.3 is 24.1 Å². The molecule has 0 amide bonds. The van der Waals surface area contributed by atoms with Crippen molar-refractivity contribution in [2.45, 2.75) is 50.7 Å². The first-order valence-electron chi connectivity index (χ1n) is 7.33. The summed E-state index contributed by atoms with van der Waals surface area (Å²) < 4.78 is 22.9. The molecular formula is C16H22O5. The average Bonchev–Trinajstić information content (AvgIpc) is 3.18. The monoisotopic (exact) mass is 294 g/mol. The molecule has 1 aromatic carbocycles. The van der Waals surface area contributed by atoms with E-state index in [1.807, 2.05) is 44.2 Å². The first-order chi connectivity index (χ1) is 10.1. The highest BCUT2D eigenvalue weighted by atomic mass is 16.8. The van der Waals surface area contributed by atoms with E-state index in [2.05, 4.69) is 0 Å². The van der Waals surface area contributed by atoms with Crippen LogP contribution >= 0.6 is 0 Å². The Morgan fingerprint density at radius 2 is 1.86 bits per heavy atom. The Kier molecular flexibility index (Phi) is 4.28. The van der Waals surface area contributed by atoms with E-state index in [0.29, 0.717) is 13.2 Å². The van der Waals surface area contributed by atoms with E-state index < -0.39 is 5.79 Å². The average molecular weight is 294 g/mol. The Labute approximate surface area is 124 Å². The van der Waals surface area contributed by atoms with Gasteiger partial charge in [-0.15, -0.1) is 0 Å². The smallest absolute Gasteiger partial charge is 0.164 e. The normalized spacial score (nSPS) is 34.0. The number of rotatable bonds is 6. The Hall–Kier alpha value is -0.980. The molecule has 1 aromatic rings. The van der Waals surface area contributed by atoms with Crippen LogP contribution in [0.3, 0.4) is 0 Å². The zero-order valence-electron chi connectivity index (χ0n) is 12.4. The van der Waals surface area contributed by atoms with Crippen molar-refractivity contribution in [2.75, 3.05) is 13.2 Å². The van der Waals surface area contributed by atoms with Crippen LogP contribution in [0.25, 0.3) is 0 Å². The van der Waals surface area contributed by atoms with Crippen molar-refractivity contribution in [3.63, 3.8) is 0 Å². The highest BCUT2D eigenvalue weighted by molar-refractivity contribution is 5.13. The lowest BCUT2D eigenvalue weighted by molar-refractivity contribution is -0.152. The molecular weight excluding hydrogens is 272 g/mol. The third-order valence-electron chi connectivity index (χ3n) is 3.74. The Bertz CT molecular complexity index is 461. The first kappa shape index (κ1) is 14.9. The lowest BCUT2D eigenvalue weighted by atomic mass is 10.1. The lowest BCUT2D eigenvalue weighted by Crippen LogP contribution is -2.33. The molecule has 2 saturated heterocycles. The lowest BCUT2D eigenvalue weighted by Gasteiger charge is -2.16.